The Bertz CT molecular complexity index is 3580. The van der Waals surface area contributed by atoms with Crippen molar-refractivity contribution in [3.63, 3.8) is 0 Å². The van der Waals surface area contributed by atoms with Crippen LogP contribution in [0.4, 0.5) is 8.78 Å². The summed E-state index contributed by atoms with van der Waals surface area (Å²) in [6.45, 7) is 10.7. The second kappa shape index (κ2) is 15.8. The summed E-state index contributed by atoms with van der Waals surface area (Å²) in [6, 6.07) is 15.6. The Balaban J connectivity index is 0.989. The highest BCUT2D eigenvalue weighted by Gasteiger charge is 2.59. The zero-order valence-electron chi connectivity index (χ0n) is 40.0. The molecule has 364 valence electrons. The van der Waals surface area contributed by atoms with E-state index in [2.05, 4.69) is 53.5 Å². The van der Waals surface area contributed by atoms with Gasteiger partial charge in [0.15, 0.2) is 11.6 Å². The minimum absolute atomic E-state index is 0.0116. The Kier molecular flexibility index (Phi) is 10.1. The largest absolute Gasteiger partial charge is 0.438 e. The molecule has 4 aromatic heterocycles. The van der Waals surface area contributed by atoms with Gasteiger partial charge in [0.25, 0.3) is 5.91 Å². The van der Waals surface area contributed by atoms with E-state index >= 15 is 13.6 Å². The molecule has 2 aliphatic heterocycles. The predicted molar refractivity (Wildman–Crippen MR) is 258 cm³/mol. The molecule has 6 heterocycles. The molecule has 3 aliphatic carbocycles. The molecule has 1 amide bonds. The molecule has 15 nitrogen and oxygen atoms in total. The highest BCUT2D eigenvalue weighted by molar-refractivity contribution is 7.94. The second-order valence-electron chi connectivity index (χ2n) is 20.7. The number of fused-ring (bicyclic) bond motifs is 2. The van der Waals surface area contributed by atoms with Crippen LogP contribution in [0.3, 0.4) is 0 Å². The van der Waals surface area contributed by atoms with Crippen molar-refractivity contribution in [2.75, 3.05) is 20.2 Å². The van der Waals surface area contributed by atoms with Crippen LogP contribution < -0.4 is 11.4 Å². The fourth-order valence-electron chi connectivity index (χ4n) is 11.7. The summed E-state index contributed by atoms with van der Waals surface area (Å²) >= 11 is 0. The summed E-state index contributed by atoms with van der Waals surface area (Å²) in [5, 5.41) is 10.0. The lowest BCUT2D eigenvalue weighted by Gasteiger charge is -2.35. The maximum absolute atomic E-state index is 16.6. The van der Waals surface area contributed by atoms with E-state index in [1.807, 2.05) is 17.6 Å². The highest BCUT2D eigenvalue weighted by atomic mass is 32.2. The minimum Gasteiger partial charge on any atom is -0.376 e. The molecule has 0 unspecified atom stereocenters. The number of nitrogens with one attached hydrogen (secondary N) is 1. The molecule has 18 heteroatoms. The predicted octanol–water partition coefficient (Wildman–Crippen LogP) is 8.74. The summed E-state index contributed by atoms with van der Waals surface area (Å²) in [5.74, 6) is -0.942. The number of carbonyl (C=O) groups is 1. The molecule has 1 saturated heterocycles. The zero-order valence-corrected chi connectivity index (χ0v) is 40.8. The number of hydrogen-bond donors (Lipinski definition) is 1. The van der Waals surface area contributed by atoms with Crippen LogP contribution in [-0.4, -0.2) is 79.7 Å². The molecule has 3 saturated carbocycles. The van der Waals surface area contributed by atoms with Crippen molar-refractivity contribution in [3.05, 3.63) is 139 Å². The van der Waals surface area contributed by atoms with E-state index in [4.69, 9.17) is 14.4 Å². The van der Waals surface area contributed by atoms with E-state index in [-0.39, 0.29) is 58.1 Å². The highest BCUT2D eigenvalue weighted by Crippen LogP contribution is 2.56. The second-order valence-corrected chi connectivity index (χ2v) is 23.4. The van der Waals surface area contributed by atoms with E-state index in [1.165, 1.54) is 34.5 Å². The monoisotopic (exact) mass is 971 g/mol. The van der Waals surface area contributed by atoms with Gasteiger partial charge in [-0.3, -0.25) is 23.4 Å². The number of H-pyrrole nitrogens is 1. The van der Waals surface area contributed by atoms with Gasteiger partial charge in [-0.1, -0.05) is 18.1 Å². The van der Waals surface area contributed by atoms with E-state index in [1.54, 1.807) is 40.9 Å². The maximum Gasteiger partial charge on any atom is 0.438 e. The average molecular weight is 972 g/mol. The fourth-order valence-corrected chi connectivity index (χ4v) is 14.1. The first-order valence-corrected chi connectivity index (χ1v) is 25.9. The lowest BCUT2D eigenvalue weighted by Crippen LogP contribution is -2.41. The van der Waals surface area contributed by atoms with Crippen LogP contribution in [-0.2, 0) is 26.4 Å². The van der Waals surface area contributed by atoms with Gasteiger partial charge in [-0.25, -0.2) is 31.6 Å². The van der Waals surface area contributed by atoms with Crippen molar-refractivity contribution in [1.29, 1.82) is 0 Å². The third kappa shape index (κ3) is 6.86. The number of benzene rings is 3. The van der Waals surface area contributed by atoms with Gasteiger partial charge >= 0.3 is 11.4 Å². The van der Waals surface area contributed by atoms with Gasteiger partial charge in [0, 0.05) is 66.3 Å². The maximum atomic E-state index is 16.6. The van der Waals surface area contributed by atoms with Crippen molar-refractivity contribution in [2.45, 2.75) is 125 Å². The number of aromatic nitrogens is 7. The summed E-state index contributed by atoms with van der Waals surface area (Å²) in [4.78, 5) is 48.0. The molecule has 0 spiro atoms. The smallest absolute Gasteiger partial charge is 0.376 e. The molecule has 3 aromatic carbocycles. The van der Waals surface area contributed by atoms with Crippen molar-refractivity contribution in [1.82, 2.24) is 38.5 Å². The van der Waals surface area contributed by atoms with Crippen LogP contribution in [0.5, 0.6) is 0 Å². The molecule has 0 bridgehead atoms. The molecule has 1 N–H and O–H groups in total. The summed E-state index contributed by atoms with van der Waals surface area (Å²) in [6.07, 6.45) is 8.93. The molecule has 0 radical (unpaired) electrons. The summed E-state index contributed by atoms with van der Waals surface area (Å²) in [7, 11) is -1.34. The summed E-state index contributed by atoms with van der Waals surface area (Å²) in [5.41, 5.74) is 3.16. The van der Waals surface area contributed by atoms with E-state index < -0.39 is 38.6 Å². The first-order chi connectivity index (χ1) is 33.5. The number of carbonyl (C=O) groups excluding carboxylic acids is 1. The van der Waals surface area contributed by atoms with Crippen molar-refractivity contribution >= 4 is 26.5 Å². The van der Waals surface area contributed by atoms with Crippen molar-refractivity contribution in [2.24, 2.45) is 10.3 Å². The van der Waals surface area contributed by atoms with Gasteiger partial charge in [0.2, 0.25) is 0 Å². The SMILES string of the molecule is CN=[S@@](=O)(c1ccc(-n2ccn(-c3c4c(nn3-c3ccc(F)c(C5CC5)c3)CCN(C(=O)c3cc5cc([C@H]6CCOC(C)(C)C6)ccc5n3[C@@]3(c5noc(=O)[nH]5)C[C@@H]3C)[C@H]4C)c2=O)c(F)c1C)C1CC1. The van der Waals surface area contributed by atoms with Crippen molar-refractivity contribution < 1.29 is 27.0 Å². The van der Waals surface area contributed by atoms with Crippen LogP contribution >= 0.6 is 0 Å². The Morgan fingerprint density at radius 2 is 1.71 bits per heavy atom. The van der Waals surface area contributed by atoms with E-state index in [0.29, 0.717) is 64.2 Å². The van der Waals surface area contributed by atoms with Gasteiger partial charge in [0.1, 0.15) is 22.9 Å². The normalized spacial score (nSPS) is 23.9. The Morgan fingerprint density at radius 3 is 2.40 bits per heavy atom. The number of halogens is 2. The molecular formula is C52H55F2N9O6S. The molecule has 70 heavy (non-hydrogen) atoms. The molecule has 7 aromatic rings. The molecule has 5 atom stereocenters. The third-order valence-electron chi connectivity index (χ3n) is 15.8. The lowest BCUT2D eigenvalue weighted by molar-refractivity contribution is -0.0592. The molecule has 5 aliphatic rings. The third-order valence-corrected chi connectivity index (χ3v) is 18.8. The van der Waals surface area contributed by atoms with E-state index in [0.717, 1.165) is 55.0 Å². The van der Waals surface area contributed by atoms with Gasteiger partial charge < -0.3 is 14.2 Å². The molecule has 4 fully saturated rings. The van der Waals surface area contributed by atoms with Gasteiger partial charge in [-0.2, -0.15) is 5.10 Å². The number of rotatable bonds is 10. The summed E-state index contributed by atoms with van der Waals surface area (Å²) < 4.78 is 67.5. The van der Waals surface area contributed by atoms with Crippen LogP contribution in [0.15, 0.2) is 90.4 Å². The van der Waals surface area contributed by atoms with Crippen molar-refractivity contribution in [3.8, 4) is 17.2 Å². The van der Waals surface area contributed by atoms with Gasteiger partial charge in [-0.05, 0) is 150 Å². The number of ether oxygens (including phenoxy) is 1. The fraction of sp³-hybridized carbons (Fsp3) is 0.442. The van der Waals surface area contributed by atoms with E-state index in [9.17, 15) is 13.8 Å². The Morgan fingerprint density at radius 1 is 0.943 bits per heavy atom. The van der Waals surface area contributed by atoms with Crippen LogP contribution in [0.1, 0.15) is 135 Å². The standard InChI is InChI=1S/C52H55F2N9O6S/c1-28-26-52(28,48-56-49(65)69-58-48)62-40-14-9-32(33-18-22-68-51(4,5)27-33)23-34(40)24-42(62)47(64)59-19-17-39-44(30(59)3)46(63(57-39)35-10-13-38(53)37(25-35)31-7-8-31)61-21-20-60(50(61)66)41-15-16-43(29(2)45(41)54)70(67,55-6)36-11-12-36/h9-10,13-16,20-21,23-25,28,30-31,33,36H,7-8,11-12,17-19,22,26-27H2,1-6H3,(H,56,58,65)/t28-,30-,33-,52-,70-/m0/s1. The number of nitrogens with zero attached hydrogens (tertiary/aromatic N) is 8. The number of imidazole rings is 1. The average Bonchev–Trinajstić information content (AvgIpc) is 4.31. The zero-order chi connectivity index (χ0) is 48.8. The van der Waals surface area contributed by atoms with Gasteiger partial charge in [0.05, 0.1) is 43.3 Å². The Labute approximate surface area is 402 Å². The number of hydrogen-bond acceptors (Lipinski definition) is 9. The van der Waals surface area contributed by atoms with Crippen LogP contribution in [0, 0.1) is 24.5 Å². The Hall–Kier alpha value is -6.40. The number of amides is 1. The molecular weight excluding hydrogens is 917 g/mol. The quantitative estimate of drug-likeness (QED) is 0.142. The minimum atomic E-state index is -2.84. The van der Waals surface area contributed by atoms with Crippen LogP contribution in [0.2, 0.25) is 0 Å². The first-order valence-electron chi connectivity index (χ1n) is 24.4. The topological polar surface area (TPSA) is 168 Å². The number of aromatic amines is 1. The lowest BCUT2D eigenvalue weighted by atomic mass is 9.83. The first kappa shape index (κ1) is 44.8. The van der Waals surface area contributed by atoms with Gasteiger partial charge in [-0.15, -0.1) is 0 Å². The van der Waals surface area contributed by atoms with Crippen LogP contribution in [0.25, 0.3) is 28.1 Å². The molecule has 12 rings (SSSR count).